The lowest BCUT2D eigenvalue weighted by atomic mass is 9.84. The van der Waals surface area contributed by atoms with Gasteiger partial charge in [0, 0.05) is 11.5 Å². The minimum Gasteiger partial charge on any atom is -0.309 e. The van der Waals surface area contributed by atoms with Gasteiger partial charge in [0.05, 0.1) is 0 Å². The molecule has 0 heterocycles. The van der Waals surface area contributed by atoms with Crippen LogP contribution >= 0.6 is 0 Å². The highest BCUT2D eigenvalue weighted by Gasteiger charge is 2.50. The van der Waals surface area contributed by atoms with Crippen LogP contribution in [0.3, 0.4) is 0 Å². The normalized spacial score (nSPS) is 17.9. The lowest BCUT2D eigenvalue weighted by Gasteiger charge is -2.29. The zero-order valence-corrected chi connectivity index (χ0v) is 11.5. The lowest BCUT2D eigenvalue weighted by molar-refractivity contribution is 0.439. The van der Waals surface area contributed by atoms with Crippen LogP contribution in [-0.4, -0.2) is 6.54 Å². The van der Waals surface area contributed by atoms with E-state index in [2.05, 4.69) is 72.9 Å². The Kier molecular flexibility index (Phi) is 3.39. The van der Waals surface area contributed by atoms with E-state index in [1.165, 1.54) is 24.0 Å². The van der Waals surface area contributed by atoms with Crippen molar-refractivity contribution in [3.05, 3.63) is 71.8 Å². The molecule has 19 heavy (non-hydrogen) atoms. The van der Waals surface area contributed by atoms with Gasteiger partial charge < -0.3 is 5.32 Å². The summed E-state index contributed by atoms with van der Waals surface area (Å²) in [6.45, 7) is 3.20. The maximum absolute atomic E-state index is 3.70. The van der Waals surface area contributed by atoms with Crippen molar-refractivity contribution in [2.24, 2.45) is 0 Å². The van der Waals surface area contributed by atoms with Gasteiger partial charge in [-0.05, 0) is 30.5 Å². The van der Waals surface area contributed by atoms with Crippen molar-refractivity contribution in [1.29, 1.82) is 0 Å². The van der Waals surface area contributed by atoms with Crippen LogP contribution in [0.4, 0.5) is 0 Å². The molecule has 2 aromatic rings. The fourth-order valence-corrected chi connectivity index (χ4v) is 3.13. The molecular weight excluding hydrogens is 230 g/mol. The Morgan fingerprint density at radius 3 is 2.05 bits per heavy atom. The predicted molar refractivity (Wildman–Crippen MR) is 80.2 cm³/mol. The Labute approximate surface area is 115 Å². The van der Waals surface area contributed by atoms with Crippen LogP contribution in [-0.2, 0) is 5.41 Å². The first kappa shape index (κ1) is 12.4. The number of hydrogen-bond acceptors (Lipinski definition) is 1. The maximum atomic E-state index is 3.70. The first-order chi connectivity index (χ1) is 9.37. The Morgan fingerprint density at radius 2 is 1.53 bits per heavy atom. The lowest BCUT2D eigenvalue weighted by Crippen LogP contribution is -2.32. The summed E-state index contributed by atoms with van der Waals surface area (Å²) in [5, 5.41) is 3.70. The molecule has 0 saturated heterocycles. The van der Waals surface area contributed by atoms with Crippen LogP contribution in [0.5, 0.6) is 0 Å². The second kappa shape index (κ2) is 5.18. The summed E-state index contributed by atoms with van der Waals surface area (Å²) >= 11 is 0. The monoisotopic (exact) mass is 251 g/mol. The van der Waals surface area contributed by atoms with Crippen molar-refractivity contribution in [1.82, 2.24) is 5.32 Å². The molecule has 1 aliphatic carbocycles. The van der Waals surface area contributed by atoms with Crippen molar-refractivity contribution < 1.29 is 0 Å². The fraction of sp³-hybridized carbons (Fsp3) is 0.333. The van der Waals surface area contributed by atoms with E-state index in [1.54, 1.807) is 0 Å². The average molecular weight is 251 g/mol. The highest BCUT2D eigenvalue weighted by atomic mass is 14.9. The molecule has 1 aliphatic rings. The summed E-state index contributed by atoms with van der Waals surface area (Å²) < 4.78 is 0. The standard InChI is InChI=1S/C18H21N/c1-2-19-17(15-9-5-3-6-10-15)18(13-14-18)16-11-7-4-8-12-16/h3-12,17,19H,2,13-14H2,1H3. The van der Waals surface area contributed by atoms with Crippen molar-refractivity contribution in [3.63, 3.8) is 0 Å². The van der Waals surface area contributed by atoms with Crippen LogP contribution in [0.25, 0.3) is 0 Å². The van der Waals surface area contributed by atoms with E-state index in [-0.39, 0.29) is 0 Å². The summed E-state index contributed by atoms with van der Waals surface area (Å²) in [6.07, 6.45) is 2.56. The first-order valence-electron chi connectivity index (χ1n) is 7.21. The molecule has 1 heteroatoms. The molecule has 1 unspecified atom stereocenters. The Balaban J connectivity index is 1.97. The molecule has 1 atom stereocenters. The Morgan fingerprint density at radius 1 is 0.947 bits per heavy atom. The molecule has 0 spiro atoms. The fourth-order valence-electron chi connectivity index (χ4n) is 3.13. The van der Waals surface area contributed by atoms with Crippen LogP contribution in [0.15, 0.2) is 60.7 Å². The second-order valence-electron chi connectivity index (χ2n) is 5.42. The highest BCUT2D eigenvalue weighted by molar-refractivity contribution is 5.38. The van der Waals surface area contributed by atoms with E-state index in [4.69, 9.17) is 0 Å². The third kappa shape index (κ3) is 2.31. The summed E-state index contributed by atoms with van der Waals surface area (Å²) in [4.78, 5) is 0. The van der Waals surface area contributed by atoms with Gasteiger partial charge in [0.1, 0.15) is 0 Å². The minimum atomic E-state index is 0.304. The Hall–Kier alpha value is -1.60. The van der Waals surface area contributed by atoms with E-state index < -0.39 is 0 Å². The van der Waals surface area contributed by atoms with Gasteiger partial charge >= 0.3 is 0 Å². The summed E-state index contributed by atoms with van der Waals surface area (Å²) in [7, 11) is 0. The molecule has 1 fully saturated rings. The molecule has 0 bridgehead atoms. The SMILES string of the molecule is CCNC(c1ccccc1)C1(c2ccccc2)CC1. The quantitative estimate of drug-likeness (QED) is 0.844. The summed E-state index contributed by atoms with van der Waals surface area (Å²) in [5.74, 6) is 0. The topological polar surface area (TPSA) is 12.0 Å². The maximum Gasteiger partial charge on any atom is 0.0418 e. The van der Waals surface area contributed by atoms with Crippen molar-refractivity contribution in [3.8, 4) is 0 Å². The van der Waals surface area contributed by atoms with Crippen molar-refractivity contribution >= 4 is 0 Å². The molecule has 0 aromatic heterocycles. The van der Waals surface area contributed by atoms with Crippen LogP contribution in [0, 0.1) is 0 Å². The minimum absolute atomic E-state index is 0.304. The van der Waals surface area contributed by atoms with Gasteiger partial charge in [0.15, 0.2) is 0 Å². The molecular formula is C18H21N. The van der Waals surface area contributed by atoms with Gasteiger partial charge in [0.25, 0.3) is 0 Å². The molecule has 1 nitrogen and oxygen atoms in total. The number of benzene rings is 2. The van der Waals surface area contributed by atoms with Gasteiger partial charge in [0.2, 0.25) is 0 Å². The van der Waals surface area contributed by atoms with E-state index >= 15 is 0 Å². The van der Waals surface area contributed by atoms with Gasteiger partial charge in [-0.15, -0.1) is 0 Å². The van der Waals surface area contributed by atoms with Gasteiger partial charge in [-0.1, -0.05) is 67.6 Å². The third-order valence-electron chi connectivity index (χ3n) is 4.23. The van der Waals surface area contributed by atoms with E-state index in [0.717, 1.165) is 6.54 Å². The molecule has 1 N–H and O–H groups in total. The number of rotatable bonds is 5. The third-order valence-corrected chi connectivity index (χ3v) is 4.23. The van der Waals surface area contributed by atoms with Crippen LogP contribution < -0.4 is 5.32 Å². The number of nitrogens with one attached hydrogen (secondary N) is 1. The van der Waals surface area contributed by atoms with E-state index in [9.17, 15) is 0 Å². The van der Waals surface area contributed by atoms with Gasteiger partial charge in [-0.2, -0.15) is 0 Å². The largest absolute Gasteiger partial charge is 0.309 e. The molecule has 98 valence electrons. The molecule has 2 aromatic carbocycles. The zero-order chi connectivity index (χ0) is 13.1. The summed E-state index contributed by atoms with van der Waals surface area (Å²) in [5.41, 5.74) is 3.19. The first-order valence-corrected chi connectivity index (χ1v) is 7.21. The smallest absolute Gasteiger partial charge is 0.0418 e. The molecule has 1 saturated carbocycles. The average Bonchev–Trinajstić information content (AvgIpc) is 3.28. The van der Waals surface area contributed by atoms with Crippen molar-refractivity contribution in [2.45, 2.75) is 31.2 Å². The highest BCUT2D eigenvalue weighted by Crippen LogP contribution is 2.56. The Bertz CT molecular complexity index is 514. The molecule has 0 radical (unpaired) electrons. The van der Waals surface area contributed by atoms with Gasteiger partial charge in [-0.3, -0.25) is 0 Å². The van der Waals surface area contributed by atoms with E-state index in [0.29, 0.717) is 11.5 Å². The second-order valence-corrected chi connectivity index (χ2v) is 5.42. The van der Waals surface area contributed by atoms with Crippen LogP contribution in [0.2, 0.25) is 0 Å². The zero-order valence-electron chi connectivity index (χ0n) is 11.5. The summed E-state index contributed by atoms with van der Waals surface area (Å²) in [6, 6.07) is 22.3. The molecule has 0 amide bonds. The van der Waals surface area contributed by atoms with Crippen molar-refractivity contribution in [2.75, 3.05) is 6.54 Å². The predicted octanol–water partition coefficient (Wildman–Crippen LogP) is 4.07. The van der Waals surface area contributed by atoms with Gasteiger partial charge in [-0.25, -0.2) is 0 Å². The molecule has 0 aliphatic heterocycles. The number of hydrogen-bond donors (Lipinski definition) is 1. The van der Waals surface area contributed by atoms with Crippen LogP contribution in [0.1, 0.15) is 36.9 Å². The molecule has 3 rings (SSSR count). The number of likely N-dealkylation sites (N-methyl/N-ethyl adjacent to an activating group) is 1. The van der Waals surface area contributed by atoms with E-state index in [1.807, 2.05) is 0 Å².